The summed E-state index contributed by atoms with van der Waals surface area (Å²) in [4.78, 5) is 22.2. The van der Waals surface area contributed by atoms with Gasteiger partial charge in [0.25, 0.3) is 0 Å². The number of benzene rings is 2. The fourth-order valence-corrected chi connectivity index (χ4v) is 5.35. The van der Waals surface area contributed by atoms with Gasteiger partial charge in [0, 0.05) is 31.1 Å². The van der Waals surface area contributed by atoms with Crippen LogP contribution >= 0.6 is 0 Å². The van der Waals surface area contributed by atoms with Gasteiger partial charge in [-0.3, -0.25) is 14.6 Å². The van der Waals surface area contributed by atoms with E-state index in [4.69, 9.17) is 4.52 Å². The molecule has 5 rings (SSSR count). The molecule has 0 saturated carbocycles. The zero-order valence-corrected chi connectivity index (χ0v) is 21.2. The summed E-state index contributed by atoms with van der Waals surface area (Å²) in [6, 6.07) is 18.6. The minimum Gasteiger partial charge on any atom is -0.352 e. The Hall–Kier alpha value is -3.03. The molecule has 2 saturated heterocycles. The highest BCUT2D eigenvalue weighted by molar-refractivity contribution is 5.78. The normalized spacial score (nSPS) is 19.9. The van der Waals surface area contributed by atoms with Crippen molar-refractivity contribution < 1.29 is 9.32 Å². The van der Waals surface area contributed by atoms with Crippen LogP contribution in [0.4, 0.5) is 0 Å². The maximum absolute atomic E-state index is 12.8. The smallest absolute Gasteiger partial charge is 0.241 e. The Kier molecular flexibility index (Phi) is 8.08. The molecule has 36 heavy (non-hydrogen) atoms. The Bertz CT molecular complexity index is 1110. The number of carbonyl (C=O) groups excluding carboxylic acids is 1. The number of nitrogens with zero attached hydrogens (tertiary/aromatic N) is 4. The van der Waals surface area contributed by atoms with E-state index >= 15 is 0 Å². The predicted molar refractivity (Wildman–Crippen MR) is 140 cm³/mol. The van der Waals surface area contributed by atoms with Gasteiger partial charge in [-0.05, 0) is 62.4 Å². The number of hydrogen-bond donors (Lipinski definition) is 1. The van der Waals surface area contributed by atoms with E-state index in [0.717, 1.165) is 49.5 Å². The SMILES string of the molecule is CC1CCCN(Cc2ccc(CNC(=O)C3CCN(Cc4nc(-c5ccccc5)no4)CC3)cc2)C1. The van der Waals surface area contributed by atoms with Crippen molar-refractivity contribution in [3.8, 4) is 11.4 Å². The van der Waals surface area contributed by atoms with Crippen molar-refractivity contribution in [3.63, 3.8) is 0 Å². The van der Waals surface area contributed by atoms with E-state index < -0.39 is 0 Å². The van der Waals surface area contributed by atoms with Gasteiger partial charge in [0.05, 0.1) is 6.54 Å². The van der Waals surface area contributed by atoms with Crippen molar-refractivity contribution in [2.45, 2.75) is 52.2 Å². The third-order valence-electron chi connectivity index (χ3n) is 7.45. The molecule has 3 aromatic rings. The molecule has 2 fully saturated rings. The van der Waals surface area contributed by atoms with Crippen LogP contribution in [0.5, 0.6) is 0 Å². The lowest BCUT2D eigenvalue weighted by molar-refractivity contribution is -0.126. The first kappa shape index (κ1) is 24.7. The molecular weight excluding hydrogens is 450 g/mol. The Morgan fingerprint density at radius 3 is 2.44 bits per heavy atom. The predicted octanol–water partition coefficient (Wildman–Crippen LogP) is 4.50. The fourth-order valence-electron chi connectivity index (χ4n) is 5.35. The molecule has 1 atom stereocenters. The summed E-state index contributed by atoms with van der Waals surface area (Å²) in [5, 5.41) is 7.26. The molecule has 0 spiro atoms. The van der Waals surface area contributed by atoms with E-state index in [9.17, 15) is 4.79 Å². The number of carbonyl (C=O) groups is 1. The number of nitrogens with one attached hydrogen (secondary N) is 1. The molecular formula is C29H37N5O2. The molecule has 7 nitrogen and oxygen atoms in total. The Labute approximate surface area is 213 Å². The van der Waals surface area contributed by atoms with Crippen molar-refractivity contribution in [1.29, 1.82) is 0 Å². The van der Waals surface area contributed by atoms with E-state index in [1.165, 1.54) is 31.5 Å². The van der Waals surface area contributed by atoms with Crippen LogP contribution in [0.3, 0.4) is 0 Å². The van der Waals surface area contributed by atoms with Crippen LogP contribution in [0.1, 0.15) is 49.6 Å². The number of amides is 1. The molecule has 1 unspecified atom stereocenters. The van der Waals surface area contributed by atoms with Gasteiger partial charge in [0.15, 0.2) is 0 Å². The van der Waals surface area contributed by atoms with Crippen LogP contribution in [0, 0.1) is 11.8 Å². The molecule has 1 amide bonds. The average Bonchev–Trinajstić information content (AvgIpc) is 3.38. The first-order chi connectivity index (χ1) is 17.6. The Balaban J connectivity index is 1.03. The van der Waals surface area contributed by atoms with E-state index in [2.05, 4.69) is 56.4 Å². The molecule has 0 bridgehead atoms. The standard InChI is InChI=1S/C29H37N5O2/c1-22-6-5-15-34(19-22)20-24-11-9-23(10-12-24)18-30-29(35)26-13-16-33(17-14-26)21-27-31-28(32-36-27)25-7-3-2-4-8-25/h2-4,7-12,22,26H,5-6,13-21H2,1H3,(H,30,35). The van der Waals surface area contributed by atoms with Crippen LogP contribution in [0.25, 0.3) is 11.4 Å². The van der Waals surface area contributed by atoms with Gasteiger partial charge in [-0.2, -0.15) is 4.98 Å². The van der Waals surface area contributed by atoms with E-state index in [1.54, 1.807) is 0 Å². The monoisotopic (exact) mass is 487 g/mol. The summed E-state index contributed by atoms with van der Waals surface area (Å²) < 4.78 is 5.45. The first-order valence-corrected chi connectivity index (χ1v) is 13.3. The molecule has 1 N–H and O–H groups in total. The quantitative estimate of drug-likeness (QED) is 0.504. The van der Waals surface area contributed by atoms with Crippen LogP contribution < -0.4 is 5.32 Å². The summed E-state index contributed by atoms with van der Waals surface area (Å²) in [6.45, 7) is 8.67. The van der Waals surface area contributed by atoms with Gasteiger partial charge < -0.3 is 9.84 Å². The second-order valence-corrected chi connectivity index (χ2v) is 10.4. The van der Waals surface area contributed by atoms with Gasteiger partial charge in [-0.1, -0.05) is 66.7 Å². The first-order valence-electron chi connectivity index (χ1n) is 13.3. The summed E-state index contributed by atoms with van der Waals surface area (Å²) in [6.07, 6.45) is 4.34. The fraction of sp³-hybridized carbons (Fsp3) is 0.483. The summed E-state index contributed by atoms with van der Waals surface area (Å²) >= 11 is 0. The van der Waals surface area contributed by atoms with Crippen molar-refractivity contribution in [3.05, 3.63) is 71.6 Å². The van der Waals surface area contributed by atoms with Gasteiger partial charge in [0.1, 0.15) is 0 Å². The summed E-state index contributed by atoms with van der Waals surface area (Å²) in [5.41, 5.74) is 3.46. The third-order valence-corrected chi connectivity index (χ3v) is 7.45. The van der Waals surface area contributed by atoms with Crippen molar-refractivity contribution in [2.24, 2.45) is 11.8 Å². The minimum atomic E-state index is 0.0594. The molecule has 0 aliphatic carbocycles. The van der Waals surface area contributed by atoms with Gasteiger partial charge >= 0.3 is 0 Å². The number of hydrogen-bond acceptors (Lipinski definition) is 6. The second kappa shape index (κ2) is 11.8. The van der Waals surface area contributed by atoms with E-state index in [-0.39, 0.29) is 11.8 Å². The largest absolute Gasteiger partial charge is 0.352 e. The number of aromatic nitrogens is 2. The van der Waals surface area contributed by atoms with Crippen LogP contribution in [0.2, 0.25) is 0 Å². The molecule has 3 heterocycles. The van der Waals surface area contributed by atoms with Crippen LogP contribution in [0.15, 0.2) is 59.1 Å². The van der Waals surface area contributed by atoms with Crippen LogP contribution in [-0.4, -0.2) is 52.0 Å². The maximum atomic E-state index is 12.8. The zero-order chi connectivity index (χ0) is 24.7. The second-order valence-electron chi connectivity index (χ2n) is 10.4. The molecule has 1 aromatic heterocycles. The van der Waals surface area contributed by atoms with Crippen molar-refractivity contribution in [1.82, 2.24) is 25.3 Å². The average molecular weight is 488 g/mol. The van der Waals surface area contributed by atoms with Crippen LogP contribution in [-0.2, 0) is 24.4 Å². The number of likely N-dealkylation sites (tertiary alicyclic amines) is 2. The lowest BCUT2D eigenvalue weighted by Crippen LogP contribution is -2.40. The zero-order valence-electron chi connectivity index (χ0n) is 21.2. The molecule has 2 aromatic carbocycles. The molecule has 2 aliphatic rings. The van der Waals surface area contributed by atoms with E-state index in [0.29, 0.717) is 24.8 Å². The van der Waals surface area contributed by atoms with Crippen molar-refractivity contribution >= 4 is 5.91 Å². The topological polar surface area (TPSA) is 74.5 Å². The number of rotatable bonds is 8. The lowest BCUT2D eigenvalue weighted by atomic mass is 9.96. The Morgan fingerprint density at radius 2 is 1.69 bits per heavy atom. The molecule has 2 aliphatic heterocycles. The summed E-state index contributed by atoms with van der Waals surface area (Å²) in [5.74, 6) is 2.25. The Morgan fingerprint density at radius 1 is 0.944 bits per heavy atom. The van der Waals surface area contributed by atoms with E-state index in [1.807, 2.05) is 30.3 Å². The van der Waals surface area contributed by atoms with Gasteiger partial charge in [0.2, 0.25) is 17.6 Å². The van der Waals surface area contributed by atoms with Crippen molar-refractivity contribution in [2.75, 3.05) is 26.2 Å². The maximum Gasteiger partial charge on any atom is 0.241 e. The minimum absolute atomic E-state index is 0.0594. The highest BCUT2D eigenvalue weighted by Crippen LogP contribution is 2.21. The molecule has 7 heteroatoms. The summed E-state index contributed by atoms with van der Waals surface area (Å²) in [7, 11) is 0. The molecule has 0 radical (unpaired) electrons. The lowest BCUT2D eigenvalue weighted by Gasteiger charge is -2.30. The highest BCUT2D eigenvalue weighted by atomic mass is 16.5. The highest BCUT2D eigenvalue weighted by Gasteiger charge is 2.26. The number of piperidine rings is 2. The molecule has 190 valence electrons. The van der Waals surface area contributed by atoms with Gasteiger partial charge in [-0.15, -0.1) is 0 Å². The van der Waals surface area contributed by atoms with Gasteiger partial charge in [-0.25, -0.2) is 0 Å². The third kappa shape index (κ3) is 6.59.